The zero-order valence-corrected chi connectivity index (χ0v) is 13.8. The molecule has 0 amide bonds. The standard InChI is InChI=1S/C14H12Br2F2N2/c1-2-20-14(8-5-9(15)7-19-6-8)12-11(17)4-3-10(16)13(12)18/h3-7,14,20H,2H2,1H3. The summed E-state index contributed by atoms with van der Waals surface area (Å²) < 4.78 is 29.3. The van der Waals surface area contributed by atoms with Crippen molar-refractivity contribution in [2.75, 3.05) is 6.54 Å². The summed E-state index contributed by atoms with van der Waals surface area (Å²) in [4.78, 5) is 4.05. The first kappa shape index (κ1) is 15.5. The number of aromatic nitrogens is 1. The van der Waals surface area contributed by atoms with Crippen molar-refractivity contribution in [1.82, 2.24) is 10.3 Å². The lowest BCUT2D eigenvalue weighted by molar-refractivity contribution is 0.506. The van der Waals surface area contributed by atoms with Crippen molar-refractivity contribution in [2.45, 2.75) is 13.0 Å². The molecule has 0 bridgehead atoms. The summed E-state index contributed by atoms with van der Waals surface area (Å²) in [7, 11) is 0. The predicted octanol–water partition coefficient (Wildman–Crippen LogP) is 4.58. The highest BCUT2D eigenvalue weighted by Crippen LogP contribution is 2.31. The molecule has 0 spiro atoms. The molecule has 1 atom stereocenters. The van der Waals surface area contributed by atoms with Gasteiger partial charge in [-0.05, 0) is 62.2 Å². The quantitative estimate of drug-likeness (QED) is 0.753. The molecular weight excluding hydrogens is 394 g/mol. The van der Waals surface area contributed by atoms with Gasteiger partial charge in [0.05, 0.1) is 10.5 Å². The molecule has 0 aliphatic rings. The van der Waals surface area contributed by atoms with Gasteiger partial charge in [0.1, 0.15) is 11.6 Å². The van der Waals surface area contributed by atoms with Gasteiger partial charge in [-0.1, -0.05) is 6.92 Å². The van der Waals surface area contributed by atoms with Crippen molar-refractivity contribution in [2.24, 2.45) is 0 Å². The minimum atomic E-state index is -0.601. The monoisotopic (exact) mass is 404 g/mol. The fourth-order valence-corrected chi connectivity index (χ4v) is 2.71. The highest BCUT2D eigenvalue weighted by Gasteiger charge is 2.23. The zero-order valence-electron chi connectivity index (χ0n) is 10.6. The van der Waals surface area contributed by atoms with Crippen molar-refractivity contribution in [3.8, 4) is 0 Å². The Morgan fingerprint density at radius 2 is 2.00 bits per heavy atom. The smallest absolute Gasteiger partial charge is 0.145 e. The second-order valence-corrected chi connectivity index (χ2v) is 5.95. The lowest BCUT2D eigenvalue weighted by atomic mass is 9.99. The van der Waals surface area contributed by atoms with Crippen LogP contribution < -0.4 is 5.32 Å². The van der Waals surface area contributed by atoms with Gasteiger partial charge in [-0.25, -0.2) is 8.78 Å². The fourth-order valence-electron chi connectivity index (χ4n) is 1.98. The van der Waals surface area contributed by atoms with E-state index in [-0.39, 0.29) is 10.0 Å². The average molecular weight is 406 g/mol. The Kier molecular flexibility index (Phi) is 5.23. The third-order valence-electron chi connectivity index (χ3n) is 2.84. The largest absolute Gasteiger partial charge is 0.306 e. The molecule has 20 heavy (non-hydrogen) atoms. The number of nitrogens with zero attached hydrogens (tertiary/aromatic N) is 1. The Morgan fingerprint density at radius 1 is 1.25 bits per heavy atom. The van der Waals surface area contributed by atoms with Crippen LogP contribution in [0.25, 0.3) is 0 Å². The SMILES string of the molecule is CCNC(c1cncc(Br)c1)c1c(F)ccc(Br)c1F. The number of halogens is 4. The van der Waals surface area contributed by atoms with Crippen molar-refractivity contribution >= 4 is 31.9 Å². The molecule has 2 rings (SSSR count). The minimum absolute atomic E-state index is 0.0128. The van der Waals surface area contributed by atoms with Crippen molar-refractivity contribution in [3.05, 3.63) is 62.3 Å². The van der Waals surface area contributed by atoms with Crippen molar-refractivity contribution < 1.29 is 8.78 Å². The van der Waals surface area contributed by atoms with Gasteiger partial charge in [-0.3, -0.25) is 4.98 Å². The third-order valence-corrected chi connectivity index (χ3v) is 3.88. The Hall–Kier alpha value is -0.850. The van der Waals surface area contributed by atoms with Crippen LogP contribution in [0.4, 0.5) is 8.78 Å². The Labute approximate surface area is 132 Å². The molecule has 1 aromatic carbocycles. The number of hydrogen-bond acceptors (Lipinski definition) is 2. The van der Waals surface area contributed by atoms with Crippen LogP contribution in [0, 0.1) is 11.6 Å². The van der Waals surface area contributed by atoms with E-state index >= 15 is 0 Å². The maximum absolute atomic E-state index is 14.3. The Balaban J connectivity index is 2.57. The van der Waals surface area contributed by atoms with Gasteiger partial charge in [-0.2, -0.15) is 0 Å². The van der Waals surface area contributed by atoms with Gasteiger partial charge < -0.3 is 5.32 Å². The van der Waals surface area contributed by atoms with Gasteiger partial charge in [0.25, 0.3) is 0 Å². The van der Waals surface area contributed by atoms with Crippen molar-refractivity contribution in [1.29, 1.82) is 0 Å². The topological polar surface area (TPSA) is 24.9 Å². The molecule has 1 N–H and O–H groups in total. The predicted molar refractivity (Wildman–Crippen MR) is 81.5 cm³/mol. The summed E-state index contributed by atoms with van der Waals surface area (Å²) in [6.07, 6.45) is 3.22. The van der Waals surface area contributed by atoms with E-state index in [0.717, 1.165) is 4.47 Å². The highest BCUT2D eigenvalue weighted by molar-refractivity contribution is 9.10. The molecule has 2 aromatic rings. The minimum Gasteiger partial charge on any atom is -0.306 e. The van der Waals surface area contributed by atoms with E-state index in [0.29, 0.717) is 12.1 Å². The first-order valence-corrected chi connectivity index (χ1v) is 7.60. The molecule has 1 unspecified atom stereocenters. The summed E-state index contributed by atoms with van der Waals surface area (Å²) in [5.74, 6) is -1.19. The molecule has 0 saturated carbocycles. The summed E-state index contributed by atoms with van der Waals surface area (Å²) in [6.45, 7) is 2.45. The summed E-state index contributed by atoms with van der Waals surface area (Å²) >= 11 is 6.41. The van der Waals surface area contributed by atoms with Gasteiger partial charge in [-0.15, -0.1) is 0 Å². The number of rotatable bonds is 4. The normalized spacial score (nSPS) is 12.4. The lowest BCUT2D eigenvalue weighted by Gasteiger charge is -2.20. The van der Waals surface area contributed by atoms with Gasteiger partial charge in [0.2, 0.25) is 0 Å². The molecule has 0 saturated heterocycles. The summed E-state index contributed by atoms with van der Waals surface area (Å²) in [5.41, 5.74) is 0.679. The molecule has 1 aromatic heterocycles. The maximum Gasteiger partial charge on any atom is 0.145 e. The van der Waals surface area contributed by atoms with Crippen LogP contribution in [0.2, 0.25) is 0 Å². The van der Waals surface area contributed by atoms with Gasteiger partial charge in [0, 0.05) is 22.4 Å². The van der Waals surface area contributed by atoms with Gasteiger partial charge >= 0.3 is 0 Å². The van der Waals surface area contributed by atoms with Crippen LogP contribution in [0.3, 0.4) is 0 Å². The van der Waals surface area contributed by atoms with E-state index < -0.39 is 17.7 Å². The molecule has 0 aliphatic heterocycles. The summed E-state index contributed by atoms with van der Waals surface area (Å²) in [6, 6.07) is 3.80. The van der Waals surface area contributed by atoms with Crippen molar-refractivity contribution in [3.63, 3.8) is 0 Å². The Morgan fingerprint density at radius 3 is 2.65 bits per heavy atom. The molecule has 2 nitrogen and oxygen atoms in total. The summed E-state index contributed by atoms with van der Waals surface area (Å²) in [5, 5.41) is 3.09. The van der Waals surface area contributed by atoms with E-state index in [1.165, 1.54) is 12.1 Å². The van der Waals surface area contributed by atoms with E-state index in [9.17, 15) is 8.78 Å². The molecule has 1 heterocycles. The first-order valence-electron chi connectivity index (χ1n) is 6.01. The van der Waals surface area contributed by atoms with Gasteiger partial charge in [0.15, 0.2) is 0 Å². The Bertz CT molecular complexity index is 620. The van der Waals surface area contributed by atoms with Crippen LogP contribution in [-0.4, -0.2) is 11.5 Å². The number of hydrogen-bond donors (Lipinski definition) is 1. The molecule has 0 aliphatic carbocycles. The number of nitrogens with one attached hydrogen (secondary N) is 1. The van der Waals surface area contributed by atoms with Crippen LogP contribution in [0.15, 0.2) is 39.5 Å². The molecule has 6 heteroatoms. The average Bonchev–Trinajstić information content (AvgIpc) is 2.42. The van der Waals surface area contributed by atoms with E-state index in [2.05, 4.69) is 42.2 Å². The third kappa shape index (κ3) is 3.24. The second-order valence-electron chi connectivity index (χ2n) is 4.18. The molecular formula is C14H12Br2F2N2. The van der Waals surface area contributed by atoms with E-state index in [1.807, 2.05) is 6.92 Å². The lowest BCUT2D eigenvalue weighted by Crippen LogP contribution is -2.24. The zero-order chi connectivity index (χ0) is 14.7. The molecule has 0 radical (unpaired) electrons. The van der Waals surface area contributed by atoms with Crippen LogP contribution in [-0.2, 0) is 0 Å². The van der Waals surface area contributed by atoms with Crippen LogP contribution in [0.5, 0.6) is 0 Å². The van der Waals surface area contributed by atoms with E-state index in [4.69, 9.17) is 0 Å². The van der Waals surface area contributed by atoms with Crippen LogP contribution in [0.1, 0.15) is 24.1 Å². The number of pyridine rings is 1. The van der Waals surface area contributed by atoms with Crippen LogP contribution >= 0.6 is 31.9 Å². The molecule has 106 valence electrons. The molecule has 0 fully saturated rings. The first-order chi connectivity index (χ1) is 9.54. The maximum atomic E-state index is 14.3. The van der Waals surface area contributed by atoms with E-state index in [1.54, 1.807) is 18.5 Å². The number of benzene rings is 1. The second kappa shape index (κ2) is 6.74. The highest BCUT2D eigenvalue weighted by atomic mass is 79.9. The fraction of sp³-hybridized carbons (Fsp3) is 0.214.